The van der Waals surface area contributed by atoms with Crippen LogP contribution in [0.5, 0.6) is 0 Å². The van der Waals surface area contributed by atoms with Crippen LogP contribution in [-0.2, 0) is 9.84 Å². The first kappa shape index (κ1) is 12.0. The molecule has 5 heteroatoms. The fourth-order valence-corrected chi connectivity index (χ4v) is 1.87. The van der Waals surface area contributed by atoms with E-state index < -0.39 is 9.84 Å². The van der Waals surface area contributed by atoms with E-state index in [-0.39, 0.29) is 18.0 Å². The molecule has 0 saturated heterocycles. The highest BCUT2D eigenvalue weighted by molar-refractivity contribution is 7.90. The first-order valence-electron chi connectivity index (χ1n) is 4.66. The van der Waals surface area contributed by atoms with Gasteiger partial charge in [-0.2, -0.15) is 0 Å². The van der Waals surface area contributed by atoms with Crippen molar-refractivity contribution >= 4 is 15.6 Å². The third kappa shape index (κ3) is 4.29. The van der Waals surface area contributed by atoms with Gasteiger partial charge in [-0.25, -0.2) is 8.42 Å². The highest BCUT2D eigenvalue weighted by atomic mass is 32.2. The lowest BCUT2D eigenvalue weighted by atomic mass is 10.2. The molecule has 15 heavy (non-hydrogen) atoms. The van der Waals surface area contributed by atoms with Crippen molar-refractivity contribution < 1.29 is 17.6 Å². The van der Waals surface area contributed by atoms with Gasteiger partial charge >= 0.3 is 0 Å². The summed E-state index contributed by atoms with van der Waals surface area (Å²) >= 11 is 0. The zero-order valence-electron chi connectivity index (χ0n) is 8.82. The summed E-state index contributed by atoms with van der Waals surface area (Å²) in [7, 11) is -2.98. The number of rotatable bonds is 5. The number of Topliss-reactive ketones (excluding diaryl/α,β-unsaturated/α-hetero) is 1. The third-order valence-electron chi connectivity index (χ3n) is 1.93. The molecule has 0 fully saturated rings. The molecule has 0 atom stereocenters. The Morgan fingerprint density at radius 1 is 1.40 bits per heavy atom. The van der Waals surface area contributed by atoms with Crippen LogP contribution in [0.15, 0.2) is 16.5 Å². The molecule has 0 amide bonds. The highest BCUT2D eigenvalue weighted by Crippen LogP contribution is 2.10. The van der Waals surface area contributed by atoms with E-state index in [9.17, 15) is 13.2 Å². The van der Waals surface area contributed by atoms with Gasteiger partial charge in [0, 0.05) is 12.7 Å². The largest absolute Gasteiger partial charge is 0.458 e. The number of ketones is 1. The molecule has 0 saturated carbocycles. The van der Waals surface area contributed by atoms with Crippen molar-refractivity contribution in [1.82, 2.24) is 0 Å². The van der Waals surface area contributed by atoms with E-state index in [0.717, 1.165) is 6.26 Å². The number of hydrogen-bond donors (Lipinski definition) is 0. The Kier molecular flexibility index (Phi) is 3.68. The molecule has 0 aliphatic rings. The first-order chi connectivity index (χ1) is 6.88. The predicted molar refractivity (Wildman–Crippen MR) is 56.7 cm³/mol. The van der Waals surface area contributed by atoms with Crippen molar-refractivity contribution in [3.05, 3.63) is 23.7 Å². The molecule has 0 N–H and O–H groups in total. The minimum atomic E-state index is -2.98. The Morgan fingerprint density at radius 3 is 2.53 bits per heavy atom. The summed E-state index contributed by atoms with van der Waals surface area (Å²) in [6.45, 7) is 1.76. The van der Waals surface area contributed by atoms with Gasteiger partial charge in [0.05, 0.1) is 5.75 Å². The standard InChI is InChI=1S/C10H14O4S/c1-8-5-6-10(14-8)9(11)4-3-7-15(2,12)13/h5-6H,3-4,7H2,1-2H3. The van der Waals surface area contributed by atoms with Crippen molar-refractivity contribution in [2.45, 2.75) is 19.8 Å². The summed E-state index contributed by atoms with van der Waals surface area (Å²) in [6.07, 6.45) is 1.71. The second kappa shape index (κ2) is 4.61. The van der Waals surface area contributed by atoms with Gasteiger partial charge in [-0.05, 0) is 25.5 Å². The van der Waals surface area contributed by atoms with E-state index in [1.165, 1.54) is 0 Å². The van der Waals surface area contributed by atoms with Crippen LogP contribution in [0.3, 0.4) is 0 Å². The topological polar surface area (TPSA) is 64.3 Å². The Labute approximate surface area is 89.2 Å². The third-order valence-corrected chi connectivity index (χ3v) is 2.96. The summed E-state index contributed by atoms with van der Waals surface area (Å²) in [5.41, 5.74) is 0. The minimum Gasteiger partial charge on any atom is -0.458 e. The fourth-order valence-electron chi connectivity index (χ4n) is 1.20. The van der Waals surface area contributed by atoms with Gasteiger partial charge in [0.15, 0.2) is 11.5 Å². The molecule has 1 rings (SSSR count). The van der Waals surface area contributed by atoms with Crippen LogP contribution in [0.1, 0.15) is 29.2 Å². The maximum absolute atomic E-state index is 11.5. The molecule has 1 aromatic rings. The van der Waals surface area contributed by atoms with E-state index >= 15 is 0 Å². The summed E-state index contributed by atoms with van der Waals surface area (Å²) in [6, 6.07) is 3.32. The van der Waals surface area contributed by atoms with Crippen molar-refractivity contribution in [2.75, 3.05) is 12.0 Å². The molecule has 0 aliphatic heterocycles. The molecular formula is C10H14O4S. The maximum atomic E-state index is 11.5. The van der Waals surface area contributed by atoms with Gasteiger partial charge in [0.2, 0.25) is 0 Å². The van der Waals surface area contributed by atoms with Crippen LogP contribution in [0, 0.1) is 6.92 Å². The highest BCUT2D eigenvalue weighted by Gasteiger charge is 2.11. The molecule has 0 aliphatic carbocycles. The zero-order valence-corrected chi connectivity index (χ0v) is 9.63. The molecule has 0 bridgehead atoms. The fraction of sp³-hybridized carbons (Fsp3) is 0.500. The van der Waals surface area contributed by atoms with E-state index in [4.69, 9.17) is 4.42 Å². The molecule has 0 radical (unpaired) electrons. The number of carbonyl (C=O) groups is 1. The molecule has 0 spiro atoms. The quantitative estimate of drug-likeness (QED) is 0.721. The normalized spacial score (nSPS) is 11.6. The van der Waals surface area contributed by atoms with Crippen LogP contribution in [0.2, 0.25) is 0 Å². The minimum absolute atomic E-state index is 0.0401. The summed E-state index contributed by atoms with van der Waals surface area (Å²) < 4.78 is 26.8. The molecule has 1 aromatic heterocycles. The van der Waals surface area contributed by atoms with Crippen molar-refractivity contribution in [1.29, 1.82) is 0 Å². The smallest absolute Gasteiger partial charge is 0.198 e. The number of furan rings is 1. The van der Waals surface area contributed by atoms with Gasteiger partial charge in [-0.15, -0.1) is 0 Å². The average molecular weight is 230 g/mol. The van der Waals surface area contributed by atoms with Gasteiger partial charge in [0.1, 0.15) is 15.6 Å². The lowest BCUT2D eigenvalue weighted by Crippen LogP contribution is -2.06. The summed E-state index contributed by atoms with van der Waals surface area (Å²) in [5, 5.41) is 0. The van der Waals surface area contributed by atoms with Crippen LogP contribution in [0.4, 0.5) is 0 Å². The predicted octanol–water partition coefficient (Wildman–Crippen LogP) is 1.60. The Bertz CT molecular complexity index is 442. The Balaban J connectivity index is 2.44. The van der Waals surface area contributed by atoms with E-state index in [1.54, 1.807) is 19.1 Å². The van der Waals surface area contributed by atoms with E-state index in [2.05, 4.69) is 0 Å². The van der Waals surface area contributed by atoms with Crippen molar-refractivity contribution in [3.8, 4) is 0 Å². The number of sulfone groups is 1. The lowest BCUT2D eigenvalue weighted by Gasteiger charge is -1.97. The van der Waals surface area contributed by atoms with E-state index in [1.807, 2.05) is 0 Å². The SMILES string of the molecule is Cc1ccc(C(=O)CCCS(C)(=O)=O)o1. The maximum Gasteiger partial charge on any atom is 0.198 e. The molecule has 0 aromatic carbocycles. The molecular weight excluding hydrogens is 216 g/mol. The first-order valence-corrected chi connectivity index (χ1v) is 6.72. The molecule has 0 unspecified atom stereocenters. The number of carbonyl (C=O) groups excluding carboxylic acids is 1. The molecule has 1 heterocycles. The average Bonchev–Trinajstić information content (AvgIpc) is 2.49. The Hall–Kier alpha value is -1.10. The van der Waals surface area contributed by atoms with Gasteiger partial charge < -0.3 is 4.42 Å². The van der Waals surface area contributed by atoms with Gasteiger partial charge in [-0.3, -0.25) is 4.79 Å². The van der Waals surface area contributed by atoms with Crippen LogP contribution >= 0.6 is 0 Å². The Morgan fingerprint density at radius 2 is 2.07 bits per heavy atom. The van der Waals surface area contributed by atoms with Gasteiger partial charge in [0.25, 0.3) is 0 Å². The monoisotopic (exact) mass is 230 g/mol. The van der Waals surface area contributed by atoms with Crippen LogP contribution in [0.25, 0.3) is 0 Å². The van der Waals surface area contributed by atoms with Crippen molar-refractivity contribution in [2.24, 2.45) is 0 Å². The van der Waals surface area contributed by atoms with Crippen LogP contribution < -0.4 is 0 Å². The zero-order chi connectivity index (χ0) is 11.5. The van der Waals surface area contributed by atoms with Crippen molar-refractivity contribution in [3.63, 3.8) is 0 Å². The van der Waals surface area contributed by atoms with E-state index in [0.29, 0.717) is 17.9 Å². The molecule has 4 nitrogen and oxygen atoms in total. The second-order valence-corrected chi connectivity index (χ2v) is 5.83. The number of aryl methyl sites for hydroxylation is 1. The lowest BCUT2D eigenvalue weighted by molar-refractivity contribution is 0.0954. The van der Waals surface area contributed by atoms with Gasteiger partial charge in [-0.1, -0.05) is 0 Å². The number of hydrogen-bond acceptors (Lipinski definition) is 4. The summed E-state index contributed by atoms with van der Waals surface area (Å²) in [5.74, 6) is 0.882. The second-order valence-electron chi connectivity index (χ2n) is 3.57. The van der Waals surface area contributed by atoms with Crippen LogP contribution in [-0.4, -0.2) is 26.2 Å². The summed E-state index contributed by atoms with van der Waals surface area (Å²) in [4.78, 5) is 11.5. The molecule has 84 valence electrons.